The summed E-state index contributed by atoms with van der Waals surface area (Å²) in [7, 11) is 3.13. The van der Waals surface area contributed by atoms with Crippen molar-refractivity contribution in [2.45, 2.75) is 6.04 Å². The third-order valence-corrected chi connectivity index (χ3v) is 7.50. The van der Waals surface area contributed by atoms with Crippen LogP contribution in [0.3, 0.4) is 0 Å². The lowest BCUT2D eigenvalue weighted by atomic mass is 9.95. The fraction of sp³-hybridized carbons (Fsp3) is 0.179. The van der Waals surface area contributed by atoms with Crippen LogP contribution >= 0.6 is 11.3 Å². The number of nitrogens with zero attached hydrogens (tertiary/aromatic N) is 2. The zero-order chi connectivity index (χ0) is 26.4. The number of rotatable bonds is 5. The number of benzene rings is 3. The van der Waals surface area contributed by atoms with Gasteiger partial charge in [0.1, 0.15) is 30.5 Å². The lowest BCUT2D eigenvalue weighted by Gasteiger charge is -2.23. The maximum Gasteiger partial charge on any atom is 0.301 e. The highest BCUT2D eigenvalue weighted by Crippen LogP contribution is 2.45. The van der Waals surface area contributed by atoms with E-state index in [9.17, 15) is 14.7 Å². The molecule has 0 spiro atoms. The van der Waals surface area contributed by atoms with Crippen LogP contribution in [0, 0.1) is 0 Å². The van der Waals surface area contributed by atoms with Gasteiger partial charge in [-0.3, -0.25) is 14.5 Å². The van der Waals surface area contributed by atoms with Crippen LogP contribution in [0.25, 0.3) is 16.0 Å². The molecule has 1 amide bonds. The second-order valence-electron chi connectivity index (χ2n) is 8.63. The van der Waals surface area contributed by atoms with E-state index in [-0.39, 0.29) is 11.3 Å². The van der Waals surface area contributed by atoms with Gasteiger partial charge in [0.05, 0.1) is 36.1 Å². The molecule has 2 aliphatic heterocycles. The minimum atomic E-state index is -0.920. The fourth-order valence-electron chi connectivity index (χ4n) is 4.60. The van der Waals surface area contributed by atoms with Crippen molar-refractivity contribution in [3.63, 3.8) is 0 Å². The number of aromatic nitrogens is 1. The number of thiazole rings is 1. The summed E-state index contributed by atoms with van der Waals surface area (Å²) in [5, 5.41) is 11.8. The van der Waals surface area contributed by atoms with Crippen LogP contribution in [-0.4, -0.2) is 49.2 Å². The Hall–Kier alpha value is -4.57. The van der Waals surface area contributed by atoms with Gasteiger partial charge in [0.25, 0.3) is 5.78 Å². The SMILES string of the molecule is COc1ccc(C2/C(=C(/O)c3ccc4c(c3)OCCO4)C(=O)C(=O)N2c2nc3ccc(OC)cc3s2)cc1. The molecule has 192 valence electrons. The summed E-state index contributed by atoms with van der Waals surface area (Å²) in [6.45, 7) is 0.796. The van der Waals surface area contributed by atoms with E-state index in [1.807, 2.05) is 6.07 Å². The minimum Gasteiger partial charge on any atom is -0.507 e. The predicted octanol–water partition coefficient (Wildman–Crippen LogP) is 4.71. The lowest BCUT2D eigenvalue weighted by molar-refractivity contribution is -0.132. The molecule has 1 N–H and O–H groups in total. The molecule has 1 fully saturated rings. The predicted molar refractivity (Wildman–Crippen MR) is 141 cm³/mol. The Morgan fingerprint density at radius 2 is 1.66 bits per heavy atom. The molecular weight excluding hydrogens is 508 g/mol. The first-order valence-corrected chi connectivity index (χ1v) is 12.6. The number of fused-ring (bicyclic) bond motifs is 2. The van der Waals surface area contributed by atoms with Crippen molar-refractivity contribution in [1.82, 2.24) is 4.98 Å². The first kappa shape index (κ1) is 23.8. The average molecular weight is 531 g/mol. The van der Waals surface area contributed by atoms with Gasteiger partial charge in [0.2, 0.25) is 0 Å². The maximum atomic E-state index is 13.5. The highest BCUT2D eigenvalue weighted by atomic mass is 32.1. The molecule has 3 aromatic carbocycles. The molecule has 10 heteroatoms. The van der Waals surface area contributed by atoms with Gasteiger partial charge in [0.15, 0.2) is 16.6 Å². The molecule has 3 heterocycles. The first-order chi connectivity index (χ1) is 18.5. The number of aliphatic hydroxyl groups excluding tert-OH is 1. The van der Waals surface area contributed by atoms with E-state index in [1.165, 1.54) is 16.2 Å². The summed E-state index contributed by atoms with van der Waals surface area (Å²) in [5.74, 6) is 0.364. The second kappa shape index (κ2) is 9.38. The van der Waals surface area contributed by atoms with Gasteiger partial charge in [-0.1, -0.05) is 23.5 Å². The topological polar surface area (TPSA) is 107 Å². The number of carbonyl (C=O) groups is 2. The maximum absolute atomic E-state index is 13.5. The summed E-state index contributed by atoms with van der Waals surface area (Å²) in [5.41, 5.74) is 1.56. The normalized spacial score (nSPS) is 18.2. The van der Waals surface area contributed by atoms with Crippen LogP contribution in [0.1, 0.15) is 17.2 Å². The van der Waals surface area contributed by atoms with Gasteiger partial charge >= 0.3 is 5.91 Å². The Bertz CT molecular complexity index is 1610. The Labute approximate surface area is 221 Å². The Kier molecular flexibility index (Phi) is 5.88. The molecular formula is C28H22N2O7S. The standard InChI is InChI=1S/C28H22N2O7S/c1-34-17-6-3-15(4-7-17)24-23(25(31)16-5-10-20-21(13-16)37-12-11-36-20)26(32)27(33)30(24)28-29-19-9-8-18(35-2)14-22(19)38-28/h3-10,13-14,24,31H,11-12H2,1-2H3/b25-23-. The quantitative estimate of drug-likeness (QED) is 0.225. The molecule has 38 heavy (non-hydrogen) atoms. The van der Waals surface area contributed by atoms with Gasteiger partial charge in [-0.15, -0.1) is 0 Å². The number of hydrogen-bond acceptors (Lipinski definition) is 9. The van der Waals surface area contributed by atoms with E-state index in [4.69, 9.17) is 18.9 Å². The number of carbonyl (C=O) groups excluding carboxylic acids is 2. The van der Waals surface area contributed by atoms with Crippen LogP contribution in [-0.2, 0) is 9.59 Å². The summed E-state index contributed by atoms with van der Waals surface area (Å²) in [4.78, 5) is 33.0. The number of methoxy groups -OCH3 is 2. The van der Waals surface area contributed by atoms with Gasteiger partial charge in [0, 0.05) is 5.56 Å². The van der Waals surface area contributed by atoms with Crippen molar-refractivity contribution in [3.8, 4) is 23.0 Å². The summed E-state index contributed by atoms with van der Waals surface area (Å²) in [6, 6.07) is 16.4. The molecule has 2 aliphatic rings. The van der Waals surface area contributed by atoms with Crippen molar-refractivity contribution in [2.75, 3.05) is 32.3 Å². The summed E-state index contributed by atoms with van der Waals surface area (Å²) in [6.07, 6.45) is 0. The van der Waals surface area contributed by atoms with Crippen LogP contribution in [0.5, 0.6) is 23.0 Å². The number of ketones is 1. The zero-order valence-electron chi connectivity index (χ0n) is 20.5. The van der Waals surface area contributed by atoms with Crippen LogP contribution in [0.4, 0.5) is 5.13 Å². The molecule has 0 radical (unpaired) electrons. The van der Waals surface area contributed by atoms with Gasteiger partial charge in [-0.2, -0.15) is 0 Å². The van der Waals surface area contributed by atoms with E-state index in [0.29, 0.717) is 58.0 Å². The molecule has 1 aromatic heterocycles. The largest absolute Gasteiger partial charge is 0.507 e. The molecule has 0 aliphatic carbocycles. The van der Waals surface area contributed by atoms with Gasteiger partial charge < -0.3 is 24.1 Å². The number of anilines is 1. The van der Waals surface area contributed by atoms with E-state index in [0.717, 1.165) is 4.70 Å². The number of aliphatic hydroxyl groups is 1. The Morgan fingerprint density at radius 1 is 0.947 bits per heavy atom. The van der Waals surface area contributed by atoms with Crippen LogP contribution in [0.15, 0.2) is 66.2 Å². The fourth-order valence-corrected chi connectivity index (χ4v) is 5.62. The molecule has 1 unspecified atom stereocenters. The van der Waals surface area contributed by atoms with E-state index < -0.39 is 17.7 Å². The number of Topliss-reactive ketones (excluding diaryl/α,β-unsaturated/α-hetero) is 1. The smallest absolute Gasteiger partial charge is 0.301 e. The summed E-state index contributed by atoms with van der Waals surface area (Å²) < 4.78 is 22.6. The van der Waals surface area contributed by atoms with E-state index in [2.05, 4.69) is 4.98 Å². The molecule has 1 atom stereocenters. The van der Waals surface area contributed by atoms with E-state index >= 15 is 0 Å². The lowest BCUT2D eigenvalue weighted by Crippen LogP contribution is -2.29. The van der Waals surface area contributed by atoms with Crippen molar-refractivity contribution in [1.29, 1.82) is 0 Å². The highest BCUT2D eigenvalue weighted by molar-refractivity contribution is 7.22. The van der Waals surface area contributed by atoms with Crippen LogP contribution < -0.4 is 23.8 Å². The summed E-state index contributed by atoms with van der Waals surface area (Å²) >= 11 is 1.26. The van der Waals surface area contributed by atoms with Gasteiger partial charge in [-0.25, -0.2) is 4.98 Å². The molecule has 6 rings (SSSR count). The van der Waals surface area contributed by atoms with Crippen molar-refractivity contribution in [3.05, 3.63) is 77.4 Å². The van der Waals surface area contributed by atoms with Gasteiger partial charge in [-0.05, 0) is 54.1 Å². The molecule has 9 nitrogen and oxygen atoms in total. The monoisotopic (exact) mass is 530 g/mol. The third kappa shape index (κ3) is 3.90. The average Bonchev–Trinajstić information content (AvgIpc) is 3.49. The molecule has 0 bridgehead atoms. The molecule has 1 saturated heterocycles. The van der Waals surface area contributed by atoms with Crippen molar-refractivity contribution < 1.29 is 33.6 Å². The number of ether oxygens (including phenoxy) is 4. The molecule has 0 saturated carbocycles. The second-order valence-corrected chi connectivity index (χ2v) is 9.64. The number of amides is 1. The van der Waals surface area contributed by atoms with Crippen LogP contribution in [0.2, 0.25) is 0 Å². The Balaban J connectivity index is 1.52. The third-order valence-electron chi connectivity index (χ3n) is 6.48. The minimum absolute atomic E-state index is 0.0475. The zero-order valence-corrected chi connectivity index (χ0v) is 21.3. The Morgan fingerprint density at radius 3 is 2.39 bits per heavy atom. The highest BCUT2D eigenvalue weighted by Gasteiger charge is 2.48. The van der Waals surface area contributed by atoms with E-state index in [1.54, 1.807) is 68.8 Å². The number of hydrogen-bond donors (Lipinski definition) is 1. The first-order valence-electron chi connectivity index (χ1n) is 11.8. The van der Waals surface area contributed by atoms with Crippen molar-refractivity contribution >= 4 is 44.1 Å². The molecule has 4 aromatic rings. The van der Waals surface area contributed by atoms with Crippen molar-refractivity contribution in [2.24, 2.45) is 0 Å².